The molecule has 0 bridgehead atoms. The third kappa shape index (κ3) is 4.37. The van der Waals surface area contributed by atoms with Crippen LogP contribution in [-0.4, -0.2) is 68.6 Å². The first kappa shape index (κ1) is 13.9. The van der Waals surface area contributed by atoms with E-state index >= 15 is 0 Å². The van der Waals surface area contributed by atoms with Crippen molar-refractivity contribution in [2.45, 2.75) is 33.1 Å². The summed E-state index contributed by atoms with van der Waals surface area (Å²) in [6.07, 6.45) is -0.0643. The van der Waals surface area contributed by atoms with Gasteiger partial charge in [-0.25, -0.2) is 0 Å². The fraction of sp³-hybridized carbons (Fsp3) is 1.00. The Morgan fingerprint density at radius 1 is 1.19 bits per heavy atom. The number of nitrogens with zero attached hydrogens (tertiary/aromatic N) is 2. The molecule has 1 heterocycles. The van der Waals surface area contributed by atoms with Crippen LogP contribution in [-0.2, 0) is 9.47 Å². The molecule has 0 aromatic carbocycles. The summed E-state index contributed by atoms with van der Waals surface area (Å²) in [5.41, 5.74) is 0. The Morgan fingerprint density at radius 3 is 2.31 bits per heavy atom. The van der Waals surface area contributed by atoms with Crippen molar-refractivity contribution >= 4 is 0 Å². The van der Waals surface area contributed by atoms with E-state index in [1.54, 1.807) is 0 Å². The number of hydrogen-bond acceptors (Lipinski definition) is 4. The van der Waals surface area contributed by atoms with Crippen molar-refractivity contribution in [2.24, 2.45) is 0 Å². The van der Waals surface area contributed by atoms with Gasteiger partial charge >= 0.3 is 0 Å². The van der Waals surface area contributed by atoms with Gasteiger partial charge in [0.05, 0.1) is 0 Å². The minimum absolute atomic E-state index is 0.0643. The monoisotopic (exact) mass is 230 g/mol. The minimum atomic E-state index is -0.0643. The molecular formula is C12H26N2O2. The lowest BCUT2D eigenvalue weighted by atomic mass is 10.2. The molecule has 0 N–H and O–H groups in total. The van der Waals surface area contributed by atoms with Crippen LogP contribution >= 0.6 is 0 Å². The molecule has 0 spiro atoms. The molecule has 4 nitrogen and oxygen atoms in total. The zero-order valence-electron chi connectivity index (χ0n) is 11.1. The van der Waals surface area contributed by atoms with Crippen LogP contribution in [0, 0.1) is 0 Å². The second-order valence-electron chi connectivity index (χ2n) is 4.43. The summed E-state index contributed by atoms with van der Waals surface area (Å²) in [6.45, 7) is 12.0. The molecule has 1 saturated heterocycles. The number of hydrogen-bond donors (Lipinski definition) is 0. The molecule has 1 atom stereocenters. The molecule has 1 rings (SSSR count). The third-order valence-electron chi connectivity index (χ3n) is 3.16. The molecule has 0 aromatic heterocycles. The molecule has 1 fully saturated rings. The number of piperazine rings is 1. The van der Waals surface area contributed by atoms with Gasteiger partial charge in [0.2, 0.25) is 0 Å². The zero-order valence-corrected chi connectivity index (χ0v) is 11.1. The number of ether oxygens (including phenoxy) is 2. The van der Waals surface area contributed by atoms with Gasteiger partial charge in [0, 0.05) is 45.4 Å². The highest BCUT2D eigenvalue weighted by Crippen LogP contribution is 2.09. The quantitative estimate of drug-likeness (QED) is 0.636. The molecule has 0 amide bonds. The van der Waals surface area contributed by atoms with E-state index in [-0.39, 0.29) is 6.29 Å². The first-order chi connectivity index (χ1) is 7.67. The predicted molar refractivity (Wildman–Crippen MR) is 65.6 cm³/mol. The van der Waals surface area contributed by atoms with Gasteiger partial charge in [-0.15, -0.1) is 0 Å². The summed E-state index contributed by atoms with van der Waals surface area (Å²) >= 11 is 0. The average Bonchev–Trinajstić information content (AvgIpc) is 2.24. The van der Waals surface area contributed by atoms with Gasteiger partial charge in [-0.05, 0) is 27.8 Å². The van der Waals surface area contributed by atoms with Gasteiger partial charge in [0.15, 0.2) is 6.29 Å². The highest BCUT2D eigenvalue weighted by molar-refractivity contribution is 4.77. The van der Waals surface area contributed by atoms with E-state index in [4.69, 9.17) is 9.47 Å². The Labute approximate surface area is 99.5 Å². The van der Waals surface area contributed by atoms with E-state index in [9.17, 15) is 0 Å². The summed E-state index contributed by atoms with van der Waals surface area (Å²) in [5, 5.41) is 0. The molecule has 1 aliphatic rings. The maximum atomic E-state index is 5.57. The summed E-state index contributed by atoms with van der Waals surface area (Å²) in [7, 11) is 2.19. The van der Waals surface area contributed by atoms with Crippen molar-refractivity contribution in [3.05, 3.63) is 0 Å². The lowest BCUT2D eigenvalue weighted by Gasteiger charge is -2.38. The first-order valence-electron chi connectivity index (χ1n) is 6.33. The Morgan fingerprint density at radius 2 is 1.81 bits per heavy atom. The van der Waals surface area contributed by atoms with Gasteiger partial charge in [0.1, 0.15) is 0 Å². The first-order valence-corrected chi connectivity index (χ1v) is 6.33. The standard InChI is InChI=1S/C12H26N2O2/c1-5-15-12(16-6-2)10-14-8-7-13(4)11(3)9-14/h11-12H,5-10H2,1-4H3. The maximum absolute atomic E-state index is 5.57. The Hall–Kier alpha value is -0.160. The minimum Gasteiger partial charge on any atom is -0.352 e. The van der Waals surface area contributed by atoms with E-state index in [1.807, 2.05) is 13.8 Å². The highest BCUT2D eigenvalue weighted by atomic mass is 16.7. The lowest BCUT2D eigenvalue weighted by Crippen LogP contribution is -2.52. The van der Waals surface area contributed by atoms with Gasteiger partial charge in [-0.1, -0.05) is 0 Å². The smallest absolute Gasteiger partial charge is 0.170 e. The Balaban J connectivity index is 2.33. The van der Waals surface area contributed by atoms with E-state index in [0.29, 0.717) is 19.3 Å². The fourth-order valence-electron chi connectivity index (χ4n) is 2.03. The number of rotatable bonds is 6. The second-order valence-corrected chi connectivity index (χ2v) is 4.43. The Kier molecular flexibility index (Phi) is 6.28. The molecule has 4 heteroatoms. The van der Waals surface area contributed by atoms with Crippen molar-refractivity contribution in [3.8, 4) is 0 Å². The summed E-state index contributed by atoms with van der Waals surface area (Å²) in [5.74, 6) is 0. The normalized spacial score (nSPS) is 24.2. The van der Waals surface area contributed by atoms with Crippen LogP contribution in [0.25, 0.3) is 0 Å². The van der Waals surface area contributed by atoms with E-state index in [0.717, 1.165) is 26.2 Å². The van der Waals surface area contributed by atoms with Crippen molar-refractivity contribution in [1.29, 1.82) is 0 Å². The number of likely N-dealkylation sites (N-methyl/N-ethyl adjacent to an activating group) is 1. The van der Waals surface area contributed by atoms with Crippen molar-refractivity contribution in [1.82, 2.24) is 9.80 Å². The summed E-state index contributed by atoms with van der Waals surface area (Å²) in [6, 6.07) is 0.623. The molecule has 0 radical (unpaired) electrons. The van der Waals surface area contributed by atoms with Crippen LogP contribution in [0.2, 0.25) is 0 Å². The second kappa shape index (κ2) is 7.22. The van der Waals surface area contributed by atoms with Crippen LogP contribution in [0.4, 0.5) is 0 Å². The fourth-order valence-corrected chi connectivity index (χ4v) is 2.03. The highest BCUT2D eigenvalue weighted by Gasteiger charge is 2.23. The van der Waals surface area contributed by atoms with Crippen LogP contribution in [0.5, 0.6) is 0 Å². The van der Waals surface area contributed by atoms with Gasteiger partial charge < -0.3 is 14.4 Å². The van der Waals surface area contributed by atoms with Gasteiger partial charge in [0.25, 0.3) is 0 Å². The molecule has 16 heavy (non-hydrogen) atoms. The molecule has 0 saturated carbocycles. The van der Waals surface area contributed by atoms with Crippen LogP contribution in [0.1, 0.15) is 20.8 Å². The Bertz CT molecular complexity index is 184. The SMILES string of the molecule is CCOC(CN1CCN(C)C(C)C1)OCC. The van der Waals surface area contributed by atoms with E-state index in [2.05, 4.69) is 23.8 Å². The van der Waals surface area contributed by atoms with Crippen molar-refractivity contribution in [2.75, 3.05) is 46.4 Å². The maximum Gasteiger partial charge on any atom is 0.170 e. The van der Waals surface area contributed by atoms with Crippen molar-refractivity contribution in [3.63, 3.8) is 0 Å². The summed E-state index contributed by atoms with van der Waals surface area (Å²) in [4.78, 5) is 4.83. The van der Waals surface area contributed by atoms with E-state index in [1.165, 1.54) is 0 Å². The third-order valence-corrected chi connectivity index (χ3v) is 3.16. The molecule has 0 aromatic rings. The lowest BCUT2D eigenvalue weighted by molar-refractivity contribution is -0.150. The van der Waals surface area contributed by atoms with E-state index < -0.39 is 0 Å². The zero-order chi connectivity index (χ0) is 12.0. The van der Waals surface area contributed by atoms with Gasteiger partial charge in [-0.3, -0.25) is 4.90 Å². The van der Waals surface area contributed by atoms with Crippen LogP contribution < -0.4 is 0 Å². The summed E-state index contributed by atoms with van der Waals surface area (Å²) < 4.78 is 11.1. The van der Waals surface area contributed by atoms with Crippen LogP contribution in [0.15, 0.2) is 0 Å². The molecule has 0 aliphatic carbocycles. The largest absolute Gasteiger partial charge is 0.352 e. The van der Waals surface area contributed by atoms with Gasteiger partial charge in [-0.2, -0.15) is 0 Å². The topological polar surface area (TPSA) is 24.9 Å². The molecule has 1 aliphatic heterocycles. The van der Waals surface area contributed by atoms with Crippen molar-refractivity contribution < 1.29 is 9.47 Å². The average molecular weight is 230 g/mol. The predicted octanol–water partition coefficient (Wildman–Crippen LogP) is 1.02. The molecule has 1 unspecified atom stereocenters. The molecule has 96 valence electrons. The van der Waals surface area contributed by atoms with Crippen LogP contribution in [0.3, 0.4) is 0 Å². The molecular weight excluding hydrogens is 204 g/mol.